The van der Waals surface area contributed by atoms with Gasteiger partial charge in [-0.15, -0.1) is 0 Å². The number of hydrogen-bond acceptors (Lipinski definition) is 4. The van der Waals surface area contributed by atoms with Crippen LogP contribution in [0.3, 0.4) is 0 Å². The van der Waals surface area contributed by atoms with Crippen molar-refractivity contribution in [3.63, 3.8) is 0 Å². The molecule has 0 saturated carbocycles. The van der Waals surface area contributed by atoms with Crippen LogP contribution in [0.5, 0.6) is 0 Å². The van der Waals surface area contributed by atoms with E-state index in [0.717, 1.165) is 11.6 Å². The second-order valence-corrected chi connectivity index (χ2v) is 3.83. The lowest BCUT2D eigenvalue weighted by Gasteiger charge is -2.43. The smallest absolute Gasteiger partial charge is 0.261 e. The topological polar surface area (TPSA) is 69.9 Å². The highest BCUT2D eigenvalue weighted by molar-refractivity contribution is 5.94. The van der Waals surface area contributed by atoms with Gasteiger partial charge in [-0.1, -0.05) is 0 Å². The van der Waals surface area contributed by atoms with E-state index in [0.29, 0.717) is 13.1 Å². The van der Waals surface area contributed by atoms with Crippen LogP contribution in [0.4, 0.5) is 0 Å². The van der Waals surface area contributed by atoms with Gasteiger partial charge in [-0.3, -0.25) is 14.6 Å². The SMILES string of the molecule is CN1CCN2C(=O)CN(N)C(=O)C2C1. The Morgan fingerprint density at radius 2 is 2.07 bits per heavy atom. The Morgan fingerprint density at radius 1 is 1.36 bits per heavy atom. The van der Waals surface area contributed by atoms with Crippen LogP contribution in [0.15, 0.2) is 0 Å². The Hall–Kier alpha value is -1.14. The highest BCUT2D eigenvalue weighted by atomic mass is 16.2. The number of piperazine rings is 2. The molecule has 2 heterocycles. The molecule has 1 atom stereocenters. The highest BCUT2D eigenvalue weighted by Gasteiger charge is 2.40. The predicted molar refractivity (Wildman–Crippen MR) is 48.9 cm³/mol. The summed E-state index contributed by atoms with van der Waals surface area (Å²) in [6, 6.07) is -0.375. The van der Waals surface area contributed by atoms with Crippen LogP contribution in [-0.4, -0.2) is 65.9 Å². The number of fused-ring (bicyclic) bond motifs is 1. The molecule has 2 fully saturated rings. The second-order valence-electron chi connectivity index (χ2n) is 3.83. The minimum Gasteiger partial charge on any atom is -0.326 e. The average Bonchev–Trinajstić information content (AvgIpc) is 2.14. The molecule has 14 heavy (non-hydrogen) atoms. The third-order valence-corrected chi connectivity index (χ3v) is 2.78. The van der Waals surface area contributed by atoms with E-state index in [4.69, 9.17) is 5.84 Å². The van der Waals surface area contributed by atoms with Crippen molar-refractivity contribution in [3.8, 4) is 0 Å². The monoisotopic (exact) mass is 198 g/mol. The molecule has 0 spiro atoms. The van der Waals surface area contributed by atoms with Crippen molar-refractivity contribution in [2.24, 2.45) is 5.84 Å². The number of carbonyl (C=O) groups is 2. The van der Waals surface area contributed by atoms with Crippen LogP contribution in [0.2, 0.25) is 0 Å². The van der Waals surface area contributed by atoms with Gasteiger partial charge in [-0.05, 0) is 7.05 Å². The molecule has 2 aliphatic heterocycles. The molecule has 0 aliphatic carbocycles. The molecule has 0 aromatic rings. The summed E-state index contributed by atoms with van der Waals surface area (Å²) in [6.07, 6.45) is 0. The van der Waals surface area contributed by atoms with E-state index >= 15 is 0 Å². The van der Waals surface area contributed by atoms with E-state index < -0.39 is 0 Å². The number of nitrogens with zero attached hydrogens (tertiary/aromatic N) is 3. The van der Waals surface area contributed by atoms with Crippen molar-refractivity contribution >= 4 is 11.8 Å². The van der Waals surface area contributed by atoms with Crippen molar-refractivity contribution in [2.75, 3.05) is 33.2 Å². The lowest BCUT2D eigenvalue weighted by Crippen LogP contribution is -2.67. The summed E-state index contributed by atoms with van der Waals surface area (Å²) in [4.78, 5) is 26.8. The molecule has 1 unspecified atom stereocenters. The molecule has 6 nitrogen and oxygen atoms in total. The van der Waals surface area contributed by atoms with Gasteiger partial charge in [-0.25, -0.2) is 5.84 Å². The number of rotatable bonds is 0. The van der Waals surface area contributed by atoms with Gasteiger partial charge in [0.05, 0.1) is 0 Å². The largest absolute Gasteiger partial charge is 0.326 e. The predicted octanol–water partition coefficient (Wildman–Crippen LogP) is -2.16. The zero-order valence-corrected chi connectivity index (χ0v) is 8.14. The van der Waals surface area contributed by atoms with Gasteiger partial charge in [0.2, 0.25) is 5.91 Å². The summed E-state index contributed by atoms with van der Waals surface area (Å²) in [6.45, 7) is 2.04. The zero-order valence-electron chi connectivity index (χ0n) is 8.14. The number of hydrogen-bond donors (Lipinski definition) is 1. The van der Waals surface area contributed by atoms with Crippen LogP contribution < -0.4 is 5.84 Å². The van der Waals surface area contributed by atoms with E-state index in [9.17, 15) is 9.59 Å². The number of carbonyl (C=O) groups excluding carboxylic acids is 2. The summed E-state index contributed by atoms with van der Waals surface area (Å²) in [5.74, 6) is 5.23. The first-order valence-electron chi connectivity index (χ1n) is 4.63. The maximum Gasteiger partial charge on any atom is 0.261 e. The average molecular weight is 198 g/mol. The number of likely N-dealkylation sites (N-methyl/N-ethyl adjacent to an activating group) is 1. The van der Waals surface area contributed by atoms with Crippen LogP contribution in [-0.2, 0) is 9.59 Å². The number of nitrogens with two attached hydrogens (primary N) is 1. The van der Waals surface area contributed by atoms with Crippen molar-refractivity contribution in [3.05, 3.63) is 0 Å². The molecule has 2 amide bonds. The molecule has 0 aromatic carbocycles. The summed E-state index contributed by atoms with van der Waals surface area (Å²) < 4.78 is 0. The van der Waals surface area contributed by atoms with Crippen LogP contribution in [0.25, 0.3) is 0 Å². The molecule has 2 N–H and O–H groups in total. The van der Waals surface area contributed by atoms with Crippen LogP contribution >= 0.6 is 0 Å². The maximum absolute atomic E-state index is 11.6. The molecule has 0 aromatic heterocycles. The van der Waals surface area contributed by atoms with Crippen molar-refractivity contribution in [2.45, 2.75) is 6.04 Å². The quantitative estimate of drug-likeness (QED) is 0.356. The van der Waals surface area contributed by atoms with Crippen molar-refractivity contribution < 1.29 is 9.59 Å². The van der Waals surface area contributed by atoms with E-state index in [1.807, 2.05) is 11.9 Å². The summed E-state index contributed by atoms with van der Waals surface area (Å²) in [5.41, 5.74) is 0. The highest BCUT2D eigenvalue weighted by Crippen LogP contribution is 2.14. The first-order chi connectivity index (χ1) is 6.59. The summed E-state index contributed by atoms with van der Waals surface area (Å²) in [5, 5.41) is 1.02. The summed E-state index contributed by atoms with van der Waals surface area (Å²) >= 11 is 0. The second kappa shape index (κ2) is 3.21. The minimum absolute atomic E-state index is 0.0129. The van der Waals surface area contributed by atoms with Gasteiger partial charge in [0, 0.05) is 19.6 Å². The lowest BCUT2D eigenvalue weighted by atomic mass is 10.1. The van der Waals surface area contributed by atoms with Crippen LogP contribution in [0.1, 0.15) is 0 Å². The lowest BCUT2D eigenvalue weighted by molar-refractivity contribution is -0.159. The van der Waals surface area contributed by atoms with Gasteiger partial charge >= 0.3 is 0 Å². The fourth-order valence-corrected chi connectivity index (χ4v) is 1.94. The van der Waals surface area contributed by atoms with E-state index in [1.165, 1.54) is 0 Å². The van der Waals surface area contributed by atoms with Gasteiger partial charge in [-0.2, -0.15) is 0 Å². The first-order valence-corrected chi connectivity index (χ1v) is 4.63. The number of hydrazine groups is 1. The Morgan fingerprint density at radius 3 is 2.79 bits per heavy atom. The van der Waals surface area contributed by atoms with Crippen molar-refractivity contribution in [1.82, 2.24) is 14.8 Å². The first kappa shape index (κ1) is 9.42. The maximum atomic E-state index is 11.6. The third-order valence-electron chi connectivity index (χ3n) is 2.78. The Labute approximate surface area is 82.2 Å². The van der Waals surface area contributed by atoms with Gasteiger partial charge < -0.3 is 9.80 Å². The fraction of sp³-hybridized carbons (Fsp3) is 0.750. The molecule has 0 radical (unpaired) electrons. The van der Waals surface area contributed by atoms with E-state index in [1.54, 1.807) is 4.90 Å². The molecule has 6 heteroatoms. The van der Waals surface area contributed by atoms with Gasteiger partial charge in [0.15, 0.2) is 0 Å². The summed E-state index contributed by atoms with van der Waals surface area (Å²) in [7, 11) is 1.94. The standard InChI is InChI=1S/C8H14N4O2/c1-10-2-3-11-6(4-10)8(14)12(9)5-7(11)13/h6H,2-5,9H2,1H3. The molecule has 2 aliphatic rings. The fourth-order valence-electron chi connectivity index (χ4n) is 1.94. The molecule has 2 rings (SSSR count). The Balaban J connectivity index is 2.19. The number of amides is 2. The van der Waals surface area contributed by atoms with Gasteiger partial charge in [0.25, 0.3) is 5.91 Å². The zero-order chi connectivity index (χ0) is 10.3. The molecular weight excluding hydrogens is 184 g/mol. The molecular formula is C8H14N4O2. The minimum atomic E-state index is -0.375. The molecule has 78 valence electrons. The normalized spacial score (nSPS) is 29.4. The van der Waals surface area contributed by atoms with E-state index in [2.05, 4.69) is 0 Å². The van der Waals surface area contributed by atoms with E-state index in [-0.39, 0.29) is 24.4 Å². The Bertz CT molecular complexity index is 281. The Kier molecular flexibility index (Phi) is 2.16. The van der Waals surface area contributed by atoms with Gasteiger partial charge in [0.1, 0.15) is 12.6 Å². The van der Waals surface area contributed by atoms with Crippen molar-refractivity contribution in [1.29, 1.82) is 0 Å². The molecule has 2 saturated heterocycles. The van der Waals surface area contributed by atoms with Crippen LogP contribution in [0, 0.1) is 0 Å². The molecule has 0 bridgehead atoms. The third kappa shape index (κ3) is 1.36.